The van der Waals surface area contributed by atoms with Gasteiger partial charge in [-0.1, -0.05) is 37.1 Å². The minimum Gasteiger partial charge on any atom is -0.356 e. The second-order valence-electron chi connectivity index (χ2n) is 8.68. The van der Waals surface area contributed by atoms with E-state index in [0.717, 1.165) is 44.6 Å². The zero-order chi connectivity index (χ0) is 20.1. The number of hydrogen-bond donors (Lipinski definition) is 2. The fourth-order valence-corrected chi connectivity index (χ4v) is 5.01. The molecule has 1 unspecified atom stereocenters. The second-order valence-corrected chi connectivity index (χ2v) is 8.68. The number of likely N-dealkylation sites (tertiary alicyclic amines) is 1. The largest absolute Gasteiger partial charge is 0.356 e. The van der Waals surface area contributed by atoms with Crippen LogP contribution < -0.4 is 10.6 Å². The first-order chi connectivity index (χ1) is 14.2. The number of amides is 1. The Morgan fingerprint density at radius 3 is 2.50 bits per heavy atom. The lowest BCUT2D eigenvalue weighted by Crippen LogP contribution is -2.45. The number of guanidine groups is 1. The molecule has 2 fully saturated rings. The molecule has 3 aliphatic rings. The van der Waals surface area contributed by atoms with Gasteiger partial charge in [0.15, 0.2) is 5.96 Å². The molecule has 166 valence electrons. The molecule has 6 nitrogen and oxygen atoms in total. The average Bonchev–Trinajstić information content (AvgIpc) is 3.49. The molecule has 1 saturated heterocycles. The molecule has 0 spiro atoms. The number of hydrogen-bond acceptors (Lipinski definition) is 3. The van der Waals surface area contributed by atoms with E-state index in [4.69, 9.17) is 0 Å². The molecule has 1 aromatic rings. The number of benzene rings is 1. The molecule has 30 heavy (non-hydrogen) atoms. The van der Waals surface area contributed by atoms with Gasteiger partial charge in [0.1, 0.15) is 0 Å². The molecule has 2 N–H and O–H groups in total. The lowest BCUT2D eigenvalue weighted by atomic mass is 10.1. The summed E-state index contributed by atoms with van der Waals surface area (Å²) in [5.41, 5.74) is 2.57. The first-order valence-electron chi connectivity index (χ1n) is 11.3. The highest BCUT2D eigenvalue weighted by molar-refractivity contribution is 14.0. The first-order valence-corrected chi connectivity index (χ1v) is 11.3. The van der Waals surface area contributed by atoms with Crippen molar-refractivity contribution in [3.05, 3.63) is 35.4 Å². The van der Waals surface area contributed by atoms with Gasteiger partial charge in [-0.3, -0.25) is 14.7 Å². The number of rotatable bonds is 6. The number of carbonyl (C=O) groups is 1. The molecule has 4 rings (SSSR count). The summed E-state index contributed by atoms with van der Waals surface area (Å²) in [4.78, 5) is 21.5. The monoisotopic (exact) mass is 525 g/mol. The fraction of sp³-hybridized carbons (Fsp3) is 0.652. The summed E-state index contributed by atoms with van der Waals surface area (Å²) < 4.78 is 0. The smallest absolute Gasteiger partial charge is 0.223 e. The summed E-state index contributed by atoms with van der Waals surface area (Å²) in [6, 6.07) is 9.62. The van der Waals surface area contributed by atoms with E-state index in [2.05, 4.69) is 32.7 Å². The van der Waals surface area contributed by atoms with E-state index in [1.807, 2.05) is 24.1 Å². The van der Waals surface area contributed by atoms with Gasteiger partial charge in [-0.25, -0.2) is 0 Å². The van der Waals surface area contributed by atoms with Crippen molar-refractivity contribution in [2.75, 3.05) is 26.7 Å². The van der Waals surface area contributed by atoms with Gasteiger partial charge in [-0.2, -0.15) is 0 Å². The lowest BCUT2D eigenvalue weighted by molar-refractivity contribution is -0.131. The number of halogens is 1. The van der Waals surface area contributed by atoms with Crippen LogP contribution in [0.2, 0.25) is 0 Å². The molecule has 0 bridgehead atoms. The van der Waals surface area contributed by atoms with Gasteiger partial charge < -0.3 is 15.5 Å². The Bertz CT molecular complexity index is 709. The molecule has 0 radical (unpaired) electrons. The Hall–Kier alpha value is -1.35. The van der Waals surface area contributed by atoms with Crippen LogP contribution in [0.25, 0.3) is 0 Å². The van der Waals surface area contributed by atoms with Crippen LogP contribution in [0, 0.1) is 0 Å². The third kappa shape index (κ3) is 5.87. The maximum Gasteiger partial charge on any atom is 0.223 e. The molecule has 1 atom stereocenters. The summed E-state index contributed by atoms with van der Waals surface area (Å²) in [7, 11) is 1.83. The number of aliphatic imine (C=N–C) groups is 1. The van der Waals surface area contributed by atoms with Crippen molar-refractivity contribution in [2.24, 2.45) is 4.99 Å². The minimum absolute atomic E-state index is 0. The highest BCUT2D eigenvalue weighted by Gasteiger charge is 2.30. The predicted octanol–water partition coefficient (Wildman–Crippen LogP) is 3.11. The van der Waals surface area contributed by atoms with Crippen LogP contribution in [0.15, 0.2) is 29.3 Å². The molecule has 1 saturated carbocycles. The van der Waals surface area contributed by atoms with Crippen LogP contribution >= 0.6 is 24.0 Å². The van der Waals surface area contributed by atoms with Crippen LogP contribution in [0.4, 0.5) is 0 Å². The van der Waals surface area contributed by atoms with E-state index < -0.39 is 0 Å². The SMILES string of the molecule is CN=C(NCCCC(=O)N1Cc2ccccc2C1)NC1CCN(C2CCCC2)C1.I. The molecule has 1 aromatic carbocycles. The van der Waals surface area contributed by atoms with E-state index >= 15 is 0 Å². The highest BCUT2D eigenvalue weighted by atomic mass is 127. The van der Waals surface area contributed by atoms with Gasteiger partial charge in [0.25, 0.3) is 0 Å². The zero-order valence-corrected chi connectivity index (χ0v) is 20.4. The van der Waals surface area contributed by atoms with E-state index in [1.165, 1.54) is 49.8 Å². The quantitative estimate of drug-likeness (QED) is 0.260. The van der Waals surface area contributed by atoms with E-state index in [9.17, 15) is 4.79 Å². The summed E-state index contributed by atoms with van der Waals surface area (Å²) in [5, 5.41) is 6.97. The van der Waals surface area contributed by atoms with Crippen molar-refractivity contribution < 1.29 is 4.79 Å². The van der Waals surface area contributed by atoms with Crippen molar-refractivity contribution in [3.63, 3.8) is 0 Å². The number of nitrogens with zero attached hydrogens (tertiary/aromatic N) is 3. The molecule has 2 heterocycles. The Balaban J connectivity index is 0.00000256. The summed E-state index contributed by atoms with van der Waals surface area (Å²) >= 11 is 0. The van der Waals surface area contributed by atoms with Gasteiger partial charge in [-0.15, -0.1) is 24.0 Å². The van der Waals surface area contributed by atoms with Gasteiger partial charge in [0.05, 0.1) is 0 Å². The molecule has 0 aromatic heterocycles. The normalized spacial score (nSPS) is 22.1. The molecular formula is C23H36IN5O. The Morgan fingerprint density at radius 2 is 1.83 bits per heavy atom. The van der Waals surface area contributed by atoms with Gasteiger partial charge >= 0.3 is 0 Å². The zero-order valence-electron chi connectivity index (χ0n) is 18.1. The van der Waals surface area contributed by atoms with E-state index in [-0.39, 0.29) is 29.9 Å². The maximum absolute atomic E-state index is 12.5. The van der Waals surface area contributed by atoms with Crippen LogP contribution in [0.3, 0.4) is 0 Å². The summed E-state index contributed by atoms with van der Waals surface area (Å²) in [6.07, 6.45) is 8.12. The third-order valence-corrected chi connectivity index (χ3v) is 6.68. The van der Waals surface area contributed by atoms with E-state index in [0.29, 0.717) is 12.5 Å². The van der Waals surface area contributed by atoms with Crippen molar-refractivity contribution in [3.8, 4) is 0 Å². The molecule has 1 aliphatic carbocycles. The molecule has 1 amide bonds. The lowest BCUT2D eigenvalue weighted by Gasteiger charge is -2.24. The van der Waals surface area contributed by atoms with Gasteiger partial charge in [0.2, 0.25) is 5.91 Å². The number of carbonyl (C=O) groups excluding carboxylic acids is 1. The first kappa shape index (κ1) is 23.3. The summed E-state index contributed by atoms with van der Waals surface area (Å²) in [5.74, 6) is 1.11. The highest BCUT2D eigenvalue weighted by Crippen LogP contribution is 2.26. The van der Waals surface area contributed by atoms with Crippen LogP contribution in [-0.2, 0) is 17.9 Å². The molecular weight excluding hydrogens is 489 g/mol. The van der Waals surface area contributed by atoms with Crippen molar-refractivity contribution in [1.82, 2.24) is 20.4 Å². The van der Waals surface area contributed by atoms with Crippen molar-refractivity contribution in [1.29, 1.82) is 0 Å². The van der Waals surface area contributed by atoms with Crippen molar-refractivity contribution >= 4 is 35.8 Å². The van der Waals surface area contributed by atoms with Crippen LogP contribution in [-0.4, -0.2) is 60.4 Å². The second kappa shape index (κ2) is 11.3. The molecule has 2 aliphatic heterocycles. The Kier molecular flexibility index (Phi) is 8.80. The van der Waals surface area contributed by atoms with Crippen molar-refractivity contribution in [2.45, 2.75) is 70.1 Å². The maximum atomic E-state index is 12.5. The van der Waals surface area contributed by atoms with Gasteiger partial charge in [0, 0.05) is 58.3 Å². The Labute approximate surface area is 197 Å². The summed E-state index contributed by atoms with van der Waals surface area (Å²) in [6.45, 7) is 4.60. The van der Waals surface area contributed by atoms with Gasteiger partial charge in [-0.05, 0) is 36.8 Å². The van der Waals surface area contributed by atoms with Crippen LogP contribution in [0.1, 0.15) is 56.1 Å². The number of nitrogens with one attached hydrogen (secondary N) is 2. The topological polar surface area (TPSA) is 60.0 Å². The number of fused-ring (bicyclic) bond motifs is 1. The van der Waals surface area contributed by atoms with E-state index in [1.54, 1.807) is 0 Å². The average molecular weight is 525 g/mol. The van der Waals surface area contributed by atoms with Crippen LogP contribution in [0.5, 0.6) is 0 Å². The minimum atomic E-state index is 0. The Morgan fingerprint density at radius 1 is 1.13 bits per heavy atom. The third-order valence-electron chi connectivity index (χ3n) is 6.68. The standard InChI is InChI=1S/C23H35N5O.HI/c1-24-23(26-20-12-14-27(17-20)21-9-4-5-10-21)25-13-6-11-22(29)28-15-18-7-2-3-8-19(18)16-28;/h2-3,7-8,20-21H,4-6,9-17H2,1H3,(H2,24,25,26);1H. The fourth-order valence-electron chi connectivity index (χ4n) is 5.01. The molecule has 7 heteroatoms. The predicted molar refractivity (Wildman–Crippen MR) is 132 cm³/mol.